The molecule has 0 spiro atoms. The molecular weight excluding hydrogens is 514 g/mol. The van der Waals surface area contributed by atoms with Crippen LogP contribution in [0.25, 0.3) is 28.0 Å². The summed E-state index contributed by atoms with van der Waals surface area (Å²) in [6.45, 7) is 13.4. The summed E-state index contributed by atoms with van der Waals surface area (Å²) in [5.41, 5.74) is 5.57. The van der Waals surface area contributed by atoms with Crippen molar-refractivity contribution in [1.29, 1.82) is 0 Å². The lowest BCUT2D eigenvalue weighted by Gasteiger charge is -2.40. The Kier molecular flexibility index (Phi) is 6.89. The van der Waals surface area contributed by atoms with Crippen molar-refractivity contribution in [2.75, 3.05) is 24.5 Å². The minimum absolute atomic E-state index is 0.0488. The Hall–Kier alpha value is -4.40. The maximum absolute atomic E-state index is 14.1. The van der Waals surface area contributed by atoms with E-state index >= 15 is 0 Å². The van der Waals surface area contributed by atoms with E-state index in [9.17, 15) is 9.59 Å². The summed E-state index contributed by atoms with van der Waals surface area (Å²) in [5, 5.41) is 0.826. The number of carbonyl (C=O) groups excluding carboxylic acids is 1. The van der Waals surface area contributed by atoms with Gasteiger partial charge in [0.25, 0.3) is 0 Å². The third-order valence-corrected chi connectivity index (χ3v) is 8.14. The van der Waals surface area contributed by atoms with Crippen LogP contribution in [0.5, 0.6) is 0 Å². The van der Waals surface area contributed by atoms with Crippen molar-refractivity contribution in [3.8, 4) is 16.9 Å². The van der Waals surface area contributed by atoms with Gasteiger partial charge in [0.1, 0.15) is 5.82 Å². The second kappa shape index (κ2) is 10.5. The Bertz CT molecular complexity index is 1710. The number of pyridine rings is 3. The molecule has 4 aromatic heterocycles. The van der Waals surface area contributed by atoms with Crippen molar-refractivity contribution in [2.24, 2.45) is 0 Å². The molecule has 9 nitrogen and oxygen atoms in total. The highest BCUT2D eigenvalue weighted by Crippen LogP contribution is 2.45. The number of carbonyl (C=O) groups is 1. The molecule has 4 aromatic rings. The van der Waals surface area contributed by atoms with E-state index < -0.39 is 5.69 Å². The third-order valence-electron chi connectivity index (χ3n) is 8.14. The van der Waals surface area contributed by atoms with Gasteiger partial charge in [0.15, 0.2) is 5.65 Å². The summed E-state index contributed by atoms with van der Waals surface area (Å²) in [5.74, 6) is 1.02. The van der Waals surface area contributed by atoms with Gasteiger partial charge in [-0.05, 0) is 80.0 Å². The van der Waals surface area contributed by atoms with Gasteiger partial charge in [-0.15, -0.1) is 0 Å². The van der Waals surface area contributed by atoms with Crippen LogP contribution >= 0.6 is 0 Å². The van der Waals surface area contributed by atoms with Crippen LogP contribution < -0.4 is 10.6 Å². The molecule has 0 radical (unpaired) electrons. The van der Waals surface area contributed by atoms with E-state index in [0.717, 1.165) is 52.0 Å². The number of rotatable bonds is 6. The Morgan fingerprint density at radius 2 is 1.95 bits per heavy atom. The zero-order chi connectivity index (χ0) is 28.8. The van der Waals surface area contributed by atoms with E-state index in [1.165, 1.54) is 6.08 Å². The molecule has 1 saturated carbocycles. The molecule has 1 atom stereocenters. The predicted molar refractivity (Wildman–Crippen MR) is 161 cm³/mol. The van der Waals surface area contributed by atoms with Gasteiger partial charge >= 0.3 is 5.69 Å². The minimum Gasteiger partial charge on any atom is -0.350 e. The lowest BCUT2D eigenvalue weighted by Crippen LogP contribution is -2.54. The first-order chi connectivity index (χ1) is 19.8. The van der Waals surface area contributed by atoms with Gasteiger partial charge in [-0.3, -0.25) is 14.8 Å². The highest BCUT2D eigenvalue weighted by atomic mass is 16.2. The third kappa shape index (κ3) is 4.79. The molecule has 0 bridgehead atoms. The van der Waals surface area contributed by atoms with Gasteiger partial charge in [0.2, 0.25) is 5.91 Å². The number of hydrogen-bond donors (Lipinski definition) is 0. The second-order valence-electron chi connectivity index (χ2n) is 11.4. The minimum atomic E-state index is -0.397. The van der Waals surface area contributed by atoms with Gasteiger partial charge < -0.3 is 9.80 Å². The monoisotopic (exact) mass is 549 g/mol. The van der Waals surface area contributed by atoms with Crippen LogP contribution in [0.3, 0.4) is 0 Å². The van der Waals surface area contributed by atoms with E-state index in [0.29, 0.717) is 37.0 Å². The number of amides is 1. The van der Waals surface area contributed by atoms with E-state index in [4.69, 9.17) is 9.97 Å². The van der Waals surface area contributed by atoms with Crippen molar-refractivity contribution in [1.82, 2.24) is 29.4 Å². The van der Waals surface area contributed by atoms with Crippen LogP contribution in [-0.4, -0.2) is 61.0 Å². The van der Waals surface area contributed by atoms with Crippen molar-refractivity contribution >= 4 is 22.8 Å². The Labute approximate surface area is 239 Å². The topological polar surface area (TPSA) is 97.1 Å². The summed E-state index contributed by atoms with van der Waals surface area (Å²) in [6.07, 6.45) is 8.92. The van der Waals surface area contributed by atoms with Gasteiger partial charge in [0.05, 0.1) is 22.5 Å². The fraction of sp³-hybridized carbons (Fsp3) is 0.375. The van der Waals surface area contributed by atoms with Gasteiger partial charge in [-0.25, -0.2) is 14.3 Å². The normalized spacial score (nSPS) is 17.3. The van der Waals surface area contributed by atoms with Gasteiger partial charge in [0, 0.05) is 49.8 Å². The van der Waals surface area contributed by atoms with Crippen molar-refractivity contribution < 1.29 is 4.79 Å². The highest BCUT2D eigenvalue weighted by Gasteiger charge is 2.33. The second-order valence-corrected chi connectivity index (χ2v) is 11.4. The molecule has 0 unspecified atom stereocenters. The van der Waals surface area contributed by atoms with Crippen molar-refractivity contribution in [3.05, 3.63) is 82.8 Å². The number of nitrogens with zero attached hydrogens (tertiary/aromatic N) is 7. The summed E-state index contributed by atoms with van der Waals surface area (Å²) < 4.78 is 1.65. The highest BCUT2D eigenvalue weighted by molar-refractivity contribution is 5.92. The van der Waals surface area contributed by atoms with Gasteiger partial charge in [-0.2, -0.15) is 4.98 Å². The summed E-state index contributed by atoms with van der Waals surface area (Å²) in [6, 6.07) is 8.00. The van der Waals surface area contributed by atoms with E-state index in [1.54, 1.807) is 21.9 Å². The number of aromatic nitrogens is 5. The number of piperazine rings is 1. The first-order valence-electron chi connectivity index (χ1n) is 14.3. The average molecular weight is 550 g/mol. The molecule has 1 amide bonds. The van der Waals surface area contributed by atoms with Crippen LogP contribution in [0, 0.1) is 6.92 Å². The largest absolute Gasteiger partial charge is 0.355 e. The average Bonchev–Trinajstić information content (AvgIpc) is 3.82. The zero-order valence-corrected chi connectivity index (χ0v) is 24.0. The van der Waals surface area contributed by atoms with Crippen LogP contribution in [0.2, 0.25) is 0 Å². The molecule has 2 fully saturated rings. The predicted octanol–water partition coefficient (Wildman–Crippen LogP) is 4.77. The number of hydrogen-bond acceptors (Lipinski definition) is 7. The quantitative estimate of drug-likeness (QED) is 0.320. The molecule has 1 aliphatic heterocycles. The van der Waals surface area contributed by atoms with Crippen LogP contribution in [0.1, 0.15) is 62.3 Å². The number of aryl methyl sites for hydroxylation is 1. The van der Waals surface area contributed by atoms with Gasteiger partial charge in [-0.1, -0.05) is 20.4 Å². The SMILES string of the molecule is C=CC(=O)N1CCN(c2nc(=O)n(-c3c(C)ccnc3C(C)C)c3nc(-c4cccnc4)c(C4CC4)cc23)[C@@H](C)C1. The number of anilines is 1. The smallest absolute Gasteiger partial charge is 0.350 e. The van der Waals surface area contributed by atoms with E-state index in [2.05, 4.69) is 48.3 Å². The maximum atomic E-state index is 14.1. The molecule has 210 valence electrons. The molecule has 9 heteroatoms. The Morgan fingerprint density at radius 3 is 2.61 bits per heavy atom. The first kappa shape index (κ1) is 26.8. The molecule has 2 aliphatic rings. The summed E-state index contributed by atoms with van der Waals surface area (Å²) >= 11 is 0. The lowest BCUT2D eigenvalue weighted by atomic mass is 10.0. The van der Waals surface area contributed by atoms with E-state index in [-0.39, 0.29) is 17.9 Å². The van der Waals surface area contributed by atoms with Crippen LogP contribution in [-0.2, 0) is 4.79 Å². The molecule has 1 saturated heterocycles. The summed E-state index contributed by atoms with van der Waals surface area (Å²) in [7, 11) is 0. The maximum Gasteiger partial charge on any atom is 0.355 e. The zero-order valence-electron chi connectivity index (χ0n) is 24.0. The molecule has 41 heavy (non-hydrogen) atoms. The molecule has 1 aliphatic carbocycles. The lowest BCUT2D eigenvalue weighted by molar-refractivity contribution is -0.126. The van der Waals surface area contributed by atoms with Crippen molar-refractivity contribution in [2.45, 2.75) is 58.4 Å². The fourth-order valence-corrected chi connectivity index (χ4v) is 5.89. The van der Waals surface area contributed by atoms with Crippen LogP contribution in [0.4, 0.5) is 5.82 Å². The molecule has 0 N–H and O–H groups in total. The first-order valence-corrected chi connectivity index (χ1v) is 14.3. The molecular formula is C32H35N7O2. The standard InChI is InChI=1S/C32H35N7O2/c1-6-26(40)37-14-15-38(21(5)18-37)30-25-16-24(22-9-10-22)28(23-8-7-12-33-17-23)35-31(25)39(32(41)36-30)29-20(4)11-13-34-27(29)19(2)3/h6-8,11-13,16-17,19,21-22H,1,9-10,14-15,18H2,2-5H3/t21-/m0/s1. The Morgan fingerprint density at radius 1 is 1.15 bits per heavy atom. The number of fused-ring (bicyclic) bond motifs is 1. The summed E-state index contributed by atoms with van der Waals surface area (Å²) in [4.78, 5) is 49.4. The molecule has 0 aromatic carbocycles. The fourth-order valence-electron chi connectivity index (χ4n) is 5.89. The van der Waals surface area contributed by atoms with Crippen LogP contribution in [0.15, 0.2) is 60.3 Å². The Balaban J connectivity index is 1.64. The van der Waals surface area contributed by atoms with E-state index in [1.807, 2.05) is 31.3 Å². The van der Waals surface area contributed by atoms with Crippen molar-refractivity contribution in [3.63, 3.8) is 0 Å². The molecule has 5 heterocycles. The molecule has 6 rings (SSSR count).